The second-order valence-electron chi connectivity index (χ2n) is 5.07. The van der Waals surface area contributed by atoms with Gasteiger partial charge < -0.3 is 14.2 Å². The number of hydrogen-bond acceptors (Lipinski definition) is 6. The maximum atomic E-state index is 12.3. The lowest BCUT2D eigenvalue weighted by atomic mass is 10.1. The molecule has 0 aromatic carbocycles. The van der Waals surface area contributed by atoms with E-state index in [1.165, 1.54) is 11.3 Å². The van der Waals surface area contributed by atoms with E-state index in [4.69, 9.17) is 9.26 Å². The summed E-state index contributed by atoms with van der Waals surface area (Å²) < 4.78 is 10.8. The number of hydrogen-bond donors (Lipinski definition) is 0. The summed E-state index contributed by atoms with van der Waals surface area (Å²) in [6.07, 6.45) is 1.91. The molecule has 0 saturated carbocycles. The first kappa shape index (κ1) is 14.2. The Balaban J connectivity index is 1.54. The number of aryl methyl sites for hydroxylation is 1. The van der Waals surface area contributed by atoms with Crippen LogP contribution in [-0.2, 0) is 11.3 Å². The summed E-state index contributed by atoms with van der Waals surface area (Å²) in [6, 6.07) is 1.86. The van der Waals surface area contributed by atoms with Gasteiger partial charge in [0, 0.05) is 18.5 Å². The first-order valence-electron chi connectivity index (χ1n) is 6.94. The molecule has 1 aliphatic rings. The fraction of sp³-hybridized carbons (Fsp3) is 0.500. The van der Waals surface area contributed by atoms with Crippen LogP contribution in [0.4, 0.5) is 0 Å². The molecule has 1 aliphatic heterocycles. The molecule has 6 nitrogen and oxygen atoms in total. The second-order valence-corrected chi connectivity index (χ2v) is 5.85. The summed E-state index contributed by atoms with van der Waals surface area (Å²) in [4.78, 5) is 18.3. The van der Waals surface area contributed by atoms with E-state index in [-0.39, 0.29) is 12.0 Å². The largest absolute Gasteiger partial charge is 0.367 e. The SMILES string of the molecule is Cc1noc(COC2CCCN(C(=O)c3ccsc3)C2)n1. The number of rotatable bonds is 4. The zero-order valence-electron chi connectivity index (χ0n) is 11.8. The van der Waals surface area contributed by atoms with Crippen LogP contribution in [0.1, 0.15) is 34.9 Å². The minimum atomic E-state index is 0.0218. The zero-order chi connectivity index (χ0) is 14.7. The Labute approximate surface area is 126 Å². The minimum Gasteiger partial charge on any atom is -0.367 e. The van der Waals surface area contributed by atoms with Gasteiger partial charge in [-0.1, -0.05) is 5.16 Å². The van der Waals surface area contributed by atoms with Gasteiger partial charge in [0.1, 0.15) is 6.61 Å². The minimum absolute atomic E-state index is 0.0218. The van der Waals surface area contributed by atoms with Crippen LogP contribution in [0, 0.1) is 6.92 Å². The fourth-order valence-electron chi connectivity index (χ4n) is 2.42. The molecule has 1 amide bonds. The van der Waals surface area contributed by atoms with Crippen molar-refractivity contribution in [3.05, 3.63) is 34.1 Å². The Morgan fingerprint density at radius 1 is 1.62 bits per heavy atom. The van der Waals surface area contributed by atoms with Gasteiger partial charge in [-0.25, -0.2) is 0 Å². The molecule has 1 fully saturated rings. The first-order valence-corrected chi connectivity index (χ1v) is 7.89. The topological polar surface area (TPSA) is 68.5 Å². The van der Waals surface area contributed by atoms with Crippen LogP contribution in [0.3, 0.4) is 0 Å². The lowest BCUT2D eigenvalue weighted by molar-refractivity contribution is -0.0153. The summed E-state index contributed by atoms with van der Waals surface area (Å²) in [6.45, 7) is 3.47. The third-order valence-corrected chi connectivity index (χ3v) is 4.13. The molecule has 1 saturated heterocycles. The molecule has 3 heterocycles. The van der Waals surface area contributed by atoms with E-state index < -0.39 is 0 Å². The number of aromatic nitrogens is 2. The highest BCUT2D eigenvalue weighted by Crippen LogP contribution is 2.18. The van der Waals surface area contributed by atoms with Crippen molar-refractivity contribution in [2.24, 2.45) is 0 Å². The third kappa shape index (κ3) is 3.48. The number of thiophene rings is 1. The predicted molar refractivity (Wildman–Crippen MR) is 77.1 cm³/mol. The van der Waals surface area contributed by atoms with Gasteiger partial charge in [0.2, 0.25) is 0 Å². The average molecular weight is 307 g/mol. The molecule has 7 heteroatoms. The van der Waals surface area contributed by atoms with Crippen LogP contribution in [0.15, 0.2) is 21.3 Å². The van der Waals surface area contributed by atoms with Gasteiger partial charge in [-0.05, 0) is 31.2 Å². The highest BCUT2D eigenvalue weighted by atomic mass is 32.1. The molecule has 0 radical (unpaired) electrons. The summed E-state index contributed by atoms with van der Waals surface area (Å²) >= 11 is 1.54. The second kappa shape index (κ2) is 6.36. The van der Waals surface area contributed by atoms with Gasteiger partial charge in [0.25, 0.3) is 11.8 Å². The van der Waals surface area contributed by atoms with Crippen molar-refractivity contribution in [3.63, 3.8) is 0 Å². The van der Waals surface area contributed by atoms with E-state index >= 15 is 0 Å². The molecule has 3 rings (SSSR count). The van der Waals surface area contributed by atoms with Gasteiger partial charge in [0.05, 0.1) is 11.7 Å². The van der Waals surface area contributed by atoms with E-state index in [2.05, 4.69) is 10.1 Å². The normalized spacial score (nSPS) is 18.9. The lowest BCUT2D eigenvalue weighted by Gasteiger charge is -2.32. The average Bonchev–Trinajstić information content (AvgIpc) is 3.16. The quantitative estimate of drug-likeness (QED) is 0.866. The standard InChI is InChI=1S/C14H17N3O3S/c1-10-15-13(20-16-10)8-19-12-3-2-5-17(7-12)14(18)11-4-6-21-9-11/h4,6,9,12H,2-3,5,7-8H2,1H3. The maximum Gasteiger partial charge on any atom is 0.254 e. The molecule has 112 valence electrons. The highest BCUT2D eigenvalue weighted by Gasteiger charge is 2.25. The monoisotopic (exact) mass is 307 g/mol. The Morgan fingerprint density at radius 2 is 2.52 bits per heavy atom. The van der Waals surface area contributed by atoms with Crippen molar-refractivity contribution < 1.29 is 14.1 Å². The van der Waals surface area contributed by atoms with Gasteiger partial charge in [-0.3, -0.25) is 4.79 Å². The maximum absolute atomic E-state index is 12.3. The zero-order valence-corrected chi connectivity index (χ0v) is 12.6. The van der Waals surface area contributed by atoms with Crippen LogP contribution >= 0.6 is 11.3 Å². The van der Waals surface area contributed by atoms with Crippen molar-refractivity contribution in [1.29, 1.82) is 0 Å². The molecule has 2 aromatic heterocycles. The number of ether oxygens (including phenoxy) is 1. The van der Waals surface area contributed by atoms with Gasteiger partial charge >= 0.3 is 0 Å². The van der Waals surface area contributed by atoms with Crippen molar-refractivity contribution in [2.45, 2.75) is 32.5 Å². The number of likely N-dealkylation sites (tertiary alicyclic amines) is 1. The Hall–Kier alpha value is -1.73. The summed E-state index contributed by atoms with van der Waals surface area (Å²) in [5.41, 5.74) is 0.758. The van der Waals surface area contributed by atoms with Gasteiger partial charge in [-0.2, -0.15) is 16.3 Å². The number of amides is 1. The highest BCUT2D eigenvalue weighted by molar-refractivity contribution is 7.08. The number of carbonyl (C=O) groups is 1. The molecule has 0 N–H and O–H groups in total. The van der Waals surface area contributed by atoms with Gasteiger partial charge in [-0.15, -0.1) is 0 Å². The molecular weight excluding hydrogens is 290 g/mol. The Kier molecular flexibility index (Phi) is 4.31. The van der Waals surface area contributed by atoms with Crippen molar-refractivity contribution in [2.75, 3.05) is 13.1 Å². The molecule has 21 heavy (non-hydrogen) atoms. The summed E-state index contributed by atoms with van der Waals surface area (Å²) in [7, 11) is 0. The number of carbonyl (C=O) groups excluding carboxylic acids is 1. The van der Waals surface area contributed by atoms with E-state index in [0.717, 1.165) is 24.9 Å². The van der Waals surface area contributed by atoms with Crippen LogP contribution in [0.2, 0.25) is 0 Å². The van der Waals surface area contributed by atoms with Crippen LogP contribution < -0.4 is 0 Å². The van der Waals surface area contributed by atoms with Crippen molar-refractivity contribution in [3.8, 4) is 0 Å². The Bertz CT molecular complexity index is 596. The van der Waals surface area contributed by atoms with E-state index in [1.807, 2.05) is 21.7 Å². The van der Waals surface area contributed by atoms with Gasteiger partial charge in [0.15, 0.2) is 5.82 Å². The summed E-state index contributed by atoms with van der Waals surface area (Å²) in [5.74, 6) is 1.17. The third-order valence-electron chi connectivity index (χ3n) is 3.45. The van der Waals surface area contributed by atoms with E-state index in [0.29, 0.717) is 24.9 Å². The fourth-order valence-corrected chi connectivity index (χ4v) is 3.04. The first-order chi connectivity index (χ1) is 10.2. The molecule has 2 aromatic rings. The molecular formula is C14H17N3O3S. The molecule has 1 atom stereocenters. The summed E-state index contributed by atoms with van der Waals surface area (Å²) in [5, 5.41) is 7.53. The van der Waals surface area contributed by atoms with Crippen molar-refractivity contribution >= 4 is 17.2 Å². The molecule has 0 aliphatic carbocycles. The predicted octanol–water partition coefficient (Wildman–Crippen LogP) is 2.26. The van der Waals surface area contributed by atoms with Crippen molar-refractivity contribution in [1.82, 2.24) is 15.0 Å². The molecule has 1 unspecified atom stereocenters. The van der Waals surface area contributed by atoms with E-state index in [9.17, 15) is 4.79 Å². The van der Waals surface area contributed by atoms with Crippen LogP contribution in [0.5, 0.6) is 0 Å². The number of piperidine rings is 1. The molecule has 0 bridgehead atoms. The number of nitrogens with zero attached hydrogens (tertiary/aromatic N) is 3. The Morgan fingerprint density at radius 3 is 3.24 bits per heavy atom. The molecule has 0 spiro atoms. The lowest BCUT2D eigenvalue weighted by Crippen LogP contribution is -2.43. The van der Waals surface area contributed by atoms with Crippen LogP contribution in [0.25, 0.3) is 0 Å². The van der Waals surface area contributed by atoms with E-state index in [1.54, 1.807) is 6.92 Å². The smallest absolute Gasteiger partial charge is 0.254 e. The van der Waals surface area contributed by atoms with Crippen LogP contribution in [-0.4, -0.2) is 40.1 Å².